The van der Waals surface area contributed by atoms with E-state index in [9.17, 15) is 4.79 Å². The minimum atomic E-state index is -0.172. The van der Waals surface area contributed by atoms with Gasteiger partial charge in [0.15, 0.2) is 5.58 Å². The average Bonchev–Trinajstić information content (AvgIpc) is 2.94. The first-order chi connectivity index (χ1) is 9.13. The molecule has 0 bridgehead atoms. The van der Waals surface area contributed by atoms with Gasteiger partial charge in [0.1, 0.15) is 5.69 Å². The second-order valence-corrected chi connectivity index (χ2v) is 4.63. The Balaban J connectivity index is 1.84. The summed E-state index contributed by atoms with van der Waals surface area (Å²) in [6.45, 7) is 4.06. The Morgan fingerprint density at radius 3 is 2.74 bits per heavy atom. The molecule has 3 aromatic rings. The Kier molecular flexibility index (Phi) is 2.63. The van der Waals surface area contributed by atoms with Crippen LogP contribution < -0.4 is 5.32 Å². The van der Waals surface area contributed by atoms with E-state index in [1.54, 1.807) is 18.4 Å². The number of hydrogen-bond acceptors (Lipinski definition) is 2. The Morgan fingerprint density at radius 1 is 1.16 bits per heavy atom. The molecule has 0 fully saturated rings. The fourth-order valence-electron chi connectivity index (χ4n) is 1.99. The van der Waals surface area contributed by atoms with Gasteiger partial charge in [0.05, 0.1) is 11.8 Å². The second kappa shape index (κ2) is 4.31. The van der Waals surface area contributed by atoms with Crippen LogP contribution in [-0.4, -0.2) is 10.9 Å². The van der Waals surface area contributed by atoms with Crippen LogP contribution in [0.5, 0.6) is 0 Å². The number of furan rings is 1. The first kappa shape index (κ1) is 11.6. The van der Waals surface area contributed by atoms with Gasteiger partial charge in [0, 0.05) is 17.8 Å². The molecular formula is C15H14N2O2. The summed E-state index contributed by atoms with van der Waals surface area (Å²) in [4.78, 5) is 15.1. The molecule has 2 heterocycles. The van der Waals surface area contributed by atoms with Crippen molar-refractivity contribution in [2.45, 2.75) is 13.8 Å². The van der Waals surface area contributed by atoms with Crippen molar-refractivity contribution in [2.75, 3.05) is 5.32 Å². The van der Waals surface area contributed by atoms with E-state index in [2.05, 4.69) is 10.3 Å². The Morgan fingerprint density at radius 2 is 2.00 bits per heavy atom. The van der Waals surface area contributed by atoms with Gasteiger partial charge in [-0.15, -0.1) is 0 Å². The number of rotatable bonds is 2. The molecular weight excluding hydrogens is 240 g/mol. The minimum absolute atomic E-state index is 0.172. The van der Waals surface area contributed by atoms with E-state index >= 15 is 0 Å². The normalized spacial score (nSPS) is 10.8. The topological polar surface area (TPSA) is 58.0 Å². The summed E-state index contributed by atoms with van der Waals surface area (Å²) >= 11 is 0. The molecule has 4 nitrogen and oxygen atoms in total. The molecule has 1 amide bonds. The Hall–Kier alpha value is -2.49. The van der Waals surface area contributed by atoms with Crippen molar-refractivity contribution < 1.29 is 9.21 Å². The average molecular weight is 254 g/mol. The Labute approximate surface area is 110 Å². The van der Waals surface area contributed by atoms with E-state index in [-0.39, 0.29) is 5.91 Å². The van der Waals surface area contributed by atoms with Crippen LogP contribution in [0.1, 0.15) is 21.6 Å². The molecule has 0 aliphatic heterocycles. The zero-order chi connectivity index (χ0) is 13.4. The van der Waals surface area contributed by atoms with Gasteiger partial charge in [0.2, 0.25) is 0 Å². The molecule has 96 valence electrons. The van der Waals surface area contributed by atoms with Crippen LogP contribution in [0, 0.1) is 13.8 Å². The number of aromatic nitrogens is 1. The predicted octanol–water partition coefficient (Wildman–Crippen LogP) is 3.63. The highest BCUT2D eigenvalue weighted by Crippen LogP contribution is 2.18. The first-order valence-electron chi connectivity index (χ1n) is 6.08. The van der Waals surface area contributed by atoms with Crippen molar-refractivity contribution in [3.8, 4) is 0 Å². The minimum Gasteiger partial charge on any atom is -0.463 e. The Bertz CT molecular complexity index is 724. The third kappa shape index (κ3) is 2.12. The van der Waals surface area contributed by atoms with Crippen LogP contribution in [0.4, 0.5) is 5.69 Å². The van der Waals surface area contributed by atoms with Crippen molar-refractivity contribution in [3.63, 3.8) is 0 Å². The number of nitrogens with one attached hydrogen (secondary N) is 2. The van der Waals surface area contributed by atoms with Crippen LogP contribution >= 0.6 is 0 Å². The molecule has 0 unspecified atom stereocenters. The molecule has 0 aliphatic carbocycles. The molecule has 19 heavy (non-hydrogen) atoms. The van der Waals surface area contributed by atoms with Gasteiger partial charge in [-0.05, 0) is 37.1 Å². The van der Waals surface area contributed by atoms with Gasteiger partial charge < -0.3 is 14.7 Å². The van der Waals surface area contributed by atoms with E-state index in [0.29, 0.717) is 11.3 Å². The van der Waals surface area contributed by atoms with Crippen LogP contribution in [0.2, 0.25) is 0 Å². The molecule has 0 saturated carbocycles. The van der Waals surface area contributed by atoms with Gasteiger partial charge in [-0.25, -0.2) is 0 Å². The maximum atomic E-state index is 12.1. The van der Waals surface area contributed by atoms with Gasteiger partial charge in [-0.1, -0.05) is 6.07 Å². The number of aryl methyl sites for hydroxylation is 2. The SMILES string of the molecule is Cc1ccc(NC(=O)c2cc3occc3[nH]2)cc1C. The van der Waals surface area contributed by atoms with Crippen molar-refractivity contribution in [3.05, 3.63) is 53.4 Å². The van der Waals surface area contributed by atoms with Crippen LogP contribution in [0.15, 0.2) is 41.0 Å². The molecule has 0 radical (unpaired) electrons. The lowest BCUT2D eigenvalue weighted by molar-refractivity contribution is 0.102. The van der Waals surface area contributed by atoms with E-state index in [1.165, 1.54) is 5.56 Å². The highest BCUT2D eigenvalue weighted by atomic mass is 16.3. The molecule has 0 saturated heterocycles. The monoisotopic (exact) mass is 254 g/mol. The summed E-state index contributed by atoms with van der Waals surface area (Å²) in [5, 5.41) is 2.87. The number of benzene rings is 1. The largest absolute Gasteiger partial charge is 0.463 e. The third-order valence-corrected chi connectivity index (χ3v) is 3.25. The van der Waals surface area contributed by atoms with Crippen LogP contribution in [0.25, 0.3) is 11.1 Å². The summed E-state index contributed by atoms with van der Waals surface area (Å²) in [5.74, 6) is -0.172. The van der Waals surface area contributed by atoms with Crippen molar-refractivity contribution in [1.29, 1.82) is 0 Å². The number of carbonyl (C=O) groups is 1. The number of carbonyl (C=O) groups excluding carboxylic acids is 1. The summed E-state index contributed by atoms with van der Waals surface area (Å²) < 4.78 is 5.22. The number of fused-ring (bicyclic) bond motifs is 1. The summed E-state index contributed by atoms with van der Waals surface area (Å²) in [5.41, 5.74) is 5.15. The van der Waals surface area contributed by atoms with Gasteiger partial charge >= 0.3 is 0 Å². The molecule has 0 aliphatic rings. The number of hydrogen-bond donors (Lipinski definition) is 2. The highest BCUT2D eigenvalue weighted by molar-refractivity contribution is 6.05. The molecule has 1 aromatic carbocycles. The second-order valence-electron chi connectivity index (χ2n) is 4.63. The molecule has 3 rings (SSSR count). The first-order valence-corrected chi connectivity index (χ1v) is 6.08. The molecule has 0 spiro atoms. The van der Waals surface area contributed by atoms with Crippen molar-refractivity contribution in [1.82, 2.24) is 4.98 Å². The molecule has 2 N–H and O–H groups in total. The lowest BCUT2D eigenvalue weighted by Gasteiger charge is -2.06. The number of anilines is 1. The van der Waals surface area contributed by atoms with Crippen LogP contribution in [-0.2, 0) is 0 Å². The van der Waals surface area contributed by atoms with E-state index in [4.69, 9.17) is 4.42 Å². The maximum absolute atomic E-state index is 12.1. The van der Waals surface area contributed by atoms with Crippen molar-refractivity contribution >= 4 is 22.7 Å². The van der Waals surface area contributed by atoms with E-state index < -0.39 is 0 Å². The smallest absolute Gasteiger partial charge is 0.272 e. The van der Waals surface area contributed by atoms with E-state index in [1.807, 2.05) is 32.0 Å². The standard InChI is InChI=1S/C15H14N2O2/c1-9-3-4-11(7-10(9)2)16-15(18)13-8-14-12(17-13)5-6-19-14/h3-8,17H,1-2H3,(H,16,18). The molecule has 4 heteroatoms. The summed E-state index contributed by atoms with van der Waals surface area (Å²) in [7, 11) is 0. The fourth-order valence-corrected chi connectivity index (χ4v) is 1.99. The van der Waals surface area contributed by atoms with Gasteiger partial charge in [-0.2, -0.15) is 0 Å². The number of amides is 1. The maximum Gasteiger partial charge on any atom is 0.272 e. The van der Waals surface area contributed by atoms with Crippen LogP contribution in [0.3, 0.4) is 0 Å². The fraction of sp³-hybridized carbons (Fsp3) is 0.133. The molecule has 0 atom stereocenters. The third-order valence-electron chi connectivity index (χ3n) is 3.25. The number of H-pyrrole nitrogens is 1. The highest BCUT2D eigenvalue weighted by Gasteiger charge is 2.11. The summed E-state index contributed by atoms with van der Waals surface area (Å²) in [6.07, 6.45) is 1.59. The lowest BCUT2D eigenvalue weighted by atomic mass is 10.1. The molecule has 2 aromatic heterocycles. The lowest BCUT2D eigenvalue weighted by Crippen LogP contribution is -2.12. The van der Waals surface area contributed by atoms with Gasteiger partial charge in [0.25, 0.3) is 5.91 Å². The predicted molar refractivity (Wildman–Crippen MR) is 74.4 cm³/mol. The zero-order valence-corrected chi connectivity index (χ0v) is 10.8. The van der Waals surface area contributed by atoms with Crippen molar-refractivity contribution in [2.24, 2.45) is 0 Å². The number of aromatic amines is 1. The summed E-state index contributed by atoms with van der Waals surface area (Å²) in [6, 6.07) is 9.34. The quantitative estimate of drug-likeness (QED) is 0.733. The van der Waals surface area contributed by atoms with E-state index in [0.717, 1.165) is 16.8 Å². The van der Waals surface area contributed by atoms with Gasteiger partial charge in [-0.3, -0.25) is 4.79 Å². The zero-order valence-electron chi connectivity index (χ0n) is 10.8.